The number of benzene rings is 2. The van der Waals surface area contributed by atoms with Crippen LogP contribution in [0.5, 0.6) is 0 Å². The van der Waals surface area contributed by atoms with Crippen LogP contribution in [-0.4, -0.2) is 6.04 Å². The highest BCUT2D eigenvalue weighted by atomic mass is 32.2. The van der Waals surface area contributed by atoms with E-state index in [-0.39, 0.29) is 6.04 Å². The molecule has 0 aromatic heterocycles. The summed E-state index contributed by atoms with van der Waals surface area (Å²) in [6.45, 7) is 8.57. The number of aryl methyl sites for hydroxylation is 3. The SMILES string of the molecule is Cc1cc(C)cc(CSc2ccc(CC(C)N)cc2C)c1. The van der Waals surface area contributed by atoms with Crippen molar-refractivity contribution in [2.24, 2.45) is 5.73 Å². The Morgan fingerprint density at radius 1 is 0.952 bits per heavy atom. The highest BCUT2D eigenvalue weighted by molar-refractivity contribution is 7.98. The molecule has 0 spiro atoms. The van der Waals surface area contributed by atoms with Gasteiger partial charge in [0.05, 0.1) is 0 Å². The fraction of sp³-hybridized carbons (Fsp3) is 0.368. The van der Waals surface area contributed by atoms with Gasteiger partial charge in [0, 0.05) is 16.7 Å². The number of nitrogens with two attached hydrogens (primary N) is 1. The lowest BCUT2D eigenvalue weighted by molar-refractivity contribution is 0.737. The summed E-state index contributed by atoms with van der Waals surface area (Å²) in [5.74, 6) is 1.02. The van der Waals surface area contributed by atoms with E-state index >= 15 is 0 Å². The molecular formula is C19H25NS. The molecule has 0 aliphatic rings. The Labute approximate surface area is 133 Å². The van der Waals surface area contributed by atoms with Crippen molar-refractivity contribution in [1.29, 1.82) is 0 Å². The largest absolute Gasteiger partial charge is 0.328 e. The van der Waals surface area contributed by atoms with E-state index in [2.05, 4.69) is 64.1 Å². The molecule has 112 valence electrons. The molecule has 0 amide bonds. The van der Waals surface area contributed by atoms with Gasteiger partial charge >= 0.3 is 0 Å². The molecule has 2 rings (SSSR count). The van der Waals surface area contributed by atoms with E-state index < -0.39 is 0 Å². The smallest absolute Gasteiger partial charge is 0.0232 e. The lowest BCUT2D eigenvalue weighted by Crippen LogP contribution is -2.17. The Morgan fingerprint density at radius 2 is 1.62 bits per heavy atom. The van der Waals surface area contributed by atoms with E-state index in [1.54, 1.807) is 0 Å². The van der Waals surface area contributed by atoms with Crippen LogP contribution in [0.15, 0.2) is 41.3 Å². The summed E-state index contributed by atoms with van der Waals surface area (Å²) < 4.78 is 0. The zero-order valence-corrected chi connectivity index (χ0v) is 14.3. The van der Waals surface area contributed by atoms with Gasteiger partial charge < -0.3 is 5.73 Å². The average molecular weight is 299 g/mol. The molecule has 0 saturated heterocycles. The van der Waals surface area contributed by atoms with E-state index in [4.69, 9.17) is 5.73 Å². The van der Waals surface area contributed by atoms with Crippen molar-refractivity contribution < 1.29 is 0 Å². The first-order valence-electron chi connectivity index (χ1n) is 7.49. The third kappa shape index (κ3) is 4.90. The molecule has 21 heavy (non-hydrogen) atoms. The molecule has 2 aromatic carbocycles. The minimum atomic E-state index is 0.221. The average Bonchev–Trinajstić information content (AvgIpc) is 2.36. The zero-order chi connectivity index (χ0) is 15.4. The molecule has 0 heterocycles. The molecule has 0 radical (unpaired) electrons. The Bertz CT molecular complexity index is 597. The molecular weight excluding hydrogens is 274 g/mol. The standard InChI is InChI=1S/C19H25NS/c1-13-7-14(2)9-18(8-13)12-21-19-6-5-17(10-15(19)3)11-16(4)20/h5-10,16H,11-12,20H2,1-4H3. The Balaban J connectivity index is 2.06. The van der Waals surface area contributed by atoms with Crippen LogP contribution in [0.4, 0.5) is 0 Å². The van der Waals surface area contributed by atoms with Crippen LogP contribution in [0.1, 0.15) is 34.7 Å². The van der Waals surface area contributed by atoms with Gasteiger partial charge in [-0.05, 0) is 56.9 Å². The Kier molecular flexibility index (Phi) is 5.49. The van der Waals surface area contributed by atoms with E-state index in [0.717, 1.165) is 12.2 Å². The van der Waals surface area contributed by atoms with Gasteiger partial charge in [0.25, 0.3) is 0 Å². The molecule has 0 aliphatic carbocycles. The Morgan fingerprint density at radius 3 is 2.19 bits per heavy atom. The van der Waals surface area contributed by atoms with Gasteiger partial charge in [-0.25, -0.2) is 0 Å². The van der Waals surface area contributed by atoms with Crippen molar-refractivity contribution in [2.45, 2.75) is 50.8 Å². The molecule has 2 aromatic rings. The minimum absolute atomic E-state index is 0.221. The van der Waals surface area contributed by atoms with Gasteiger partial charge in [0.15, 0.2) is 0 Å². The summed E-state index contributed by atoms with van der Waals surface area (Å²) in [4.78, 5) is 1.36. The minimum Gasteiger partial charge on any atom is -0.328 e. The predicted molar refractivity (Wildman–Crippen MR) is 94.0 cm³/mol. The topological polar surface area (TPSA) is 26.0 Å². The summed E-state index contributed by atoms with van der Waals surface area (Å²) in [5, 5.41) is 0. The number of rotatable bonds is 5. The number of hydrogen-bond donors (Lipinski definition) is 1. The van der Waals surface area contributed by atoms with Gasteiger partial charge in [-0.3, -0.25) is 0 Å². The first kappa shape index (κ1) is 16.1. The predicted octanol–water partition coefficient (Wildman–Crippen LogP) is 4.79. The van der Waals surface area contributed by atoms with Crippen LogP contribution in [-0.2, 0) is 12.2 Å². The van der Waals surface area contributed by atoms with Gasteiger partial charge in [0.1, 0.15) is 0 Å². The molecule has 1 unspecified atom stereocenters. The monoisotopic (exact) mass is 299 g/mol. The summed E-state index contributed by atoms with van der Waals surface area (Å²) in [7, 11) is 0. The van der Waals surface area contributed by atoms with Crippen LogP contribution in [0, 0.1) is 20.8 Å². The van der Waals surface area contributed by atoms with Crippen molar-refractivity contribution >= 4 is 11.8 Å². The molecule has 1 atom stereocenters. The number of hydrogen-bond acceptors (Lipinski definition) is 2. The molecule has 0 saturated carbocycles. The zero-order valence-electron chi connectivity index (χ0n) is 13.4. The fourth-order valence-electron chi connectivity index (χ4n) is 2.69. The summed E-state index contributed by atoms with van der Waals surface area (Å²) in [6, 6.07) is 13.7. The van der Waals surface area contributed by atoms with Gasteiger partial charge in [-0.1, -0.05) is 41.5 Å². The first-order valence-corrected chi connectivity index (χ1v) is 8.47. The van der Waals surface area contributed by atoms with Crippen molar-refractivity contribution in [3.05, 3.63) is 64.2 Å². The highest BCUT2D eigenvalue weighted by Gasteiger charge is 2.04. The quantitative estimate of drug-likeness (QED) is 0.803. The van der Waals surface area contributed by atoms with E-state index in [0.29, 0.717) is 0 Å². The maximum Gasteiger partial charge on any atom is 0.0232 e. The van der Waals surface area contributed by atoms with Gasteiger partial charge in [0.2, 0.25) is 0 Å². The molecule has 0 fully saturated rings. The highest BCUT2D eigenvalue weighted by Crippen LogP contribution is 2.27. The normalized spacial score (nSPS) is 12.4. The number of thioether (sulfide) groups is 1. The first-order chi connectivity index (χ1) is 9.94. The van der Waals surface area contributed by atoms with Crippen LogP contribution in [0.2, 0.25) is 0 Å². The lowest BCUT2D eigenvalue weighted by Gasteiger charge is -2.11. The van der Waals surface area contributed by atoms with Crippen molar-refractivity contribution in [1.82, 2.24) is 0 Å². The van der Waals surface area contributed by atoms with E-state index in [1.807, 2.05) is 11.8 Å². The molecule has 2 heteroatoms. The summed E-state index contributed by atoms with van der Waals surface area (Å²) >= 11 is 1.91. The van der Waals surface area contributed by atoms with Crippen LogP contribution < -0.4 is 5.73 Å². The molecule has 0 bridgehead atoms. The van der Waals surface area contributed by atoms with Crippen LogP contribution >= 0.6 is 11.8 Å². The van der Waals surface area contributed by atoms with Gasteiger partial charge in [-0.15, -0.1) is 11.8 Å². The van der Waals surface area contributed by atoms with Crippen molar-refractivity contribution in [2.75, 3.05) is 0 Å². The van der Waals surface area contributed by atoms with E-state index in [1.165, 1.54) is 32.7 Å². The van der Waals surface area contributed by atoms with Crippen LogP contribution in [0.25, 0.3) is 0 Å². The van der Waals surface area contributed by atoms with Crippen molar-refractivity contribution in [3.8, 4) is 0 Å². The second-order valence-corrected chi connectivity index (χ2v) is 7.08. The molecule has 1 nitrogen and oxygen atoms in total. The van der Waals surface area contributed by atoms with Crippen LogP contribution in [0.3, 0.4) is 0 Å². The molecule has 2 N–H and O–H groups in total. The lowest BCUT2D eigenvalue weighted by atomic mass is 10.1. The maximum absolute atomic E-state index is 5.87. The second kappa shape index (κ2) is 7.15. The third-order valence-electron chi connectivity index (χ3n) is 3.47. The maximum atomic E-state index is 5.87. The van der Waals surface area contributed by atoms with E-state index in [9.17, 15) is 0 Å². The third-order valence-corrected chi connectivity index (χ3v) is 4.72. The summed E-state index contributed by atoms with van der Waals surface area (Å²) in [5.41, 5.74) is 12.6. The Hall–Kier alpha value is -1.25. The summed E-state index contributed by atoms with van der Waals surface area (Å²) in [6.07, 6.45) is 0.947. The second-order valence-electron chi connectivity index (χ2n) is 6.07. The van der Waals surface area contributed by atoms with Crippen molar-refractivity contribution in [3.63, 3.8) is 0 Å². The molecule has 0 aliphatic heterocycles. The van der Waals surface area contributed by atoms with Gasteiger partial charge in [-0.2, -0.15) is 0 Å². The fourth-order valence-corrected chi connectivity index (χ4v) is 3.63.